The lowest BCUT2D eigenvalue weighted by atomic mass is 10.2. The van der Waals surface area contributed by atoms with Crippen LogP contribution in [-0.2, 0) is 0 Å². The monoisotopic (exact) mass is 256 g/mol. The Morgan fingerprint density at radius 1 is 1.44 bits per heavy atom. The molecule has 1 atom stereocenters. The van der Waals surface area contributed by atoms with Gasteiger partial charge in [-0.3, -0.25) is 0 Å². The first-order chi connectivity index (χ1) is 7.70. The van der Waals surface area contributed by atoms with Crippen molar-refractivity contribution in [1.82, 2.24) is 9.97 Å². The molecule has 0 aliphatic heterocycles. The van der Waals surface area contributed by atoms with Crippen molar-refractivity contribution in [3.63, 3.8) is 0 Å². The Labute approximate surface area is 102 Å². The Morgan fingerprint density at radius 2 is 2.25 bits per heavy atom. The fourth-order valence-electron chi connectivity index (χ4n) is 1.24. The molecule has 0 amide bonds. The number of hydrogen-bond donors (Lipinski definition) is 1. The van der Waals surface area contributed by atoms with Gasteiger partial charge in [-0.25, -0.2) is 9.97 Å². The minimum atomic E-state index is -0.797. The lowest BCUT2D eigenvalue weighted by Crippen LogP contribution is -2.01. The molecule has 1 N–H and O–H groups in total. The second-order valence-electron chi connectivity index (χ2n) is 3.03. The van der Waals surface area contributed by atoms with Gasteiger partial charge in [-0.1, -0.05) is 11.6 Å². The molecule has 0 aliphatic rings. The van der Waals surface area contributed by atoms with E-state index in [2.05, 4.69) is 9.97 Å². The van der Waals surface area contributed by atoms with Gasteiger partial charge >= 0.3 is 0 Å². The quantitative estimate of drug-likeness (QED) is 0.915. The van der Waals surface area contributed by atoms with Gasteiger partial charge in [-0.05, 0) is 12.1 Å². The number of aliphatic hydroxyl groups is 1. The fraction of sp³-hybridized carbons (Fsp3) is 0.200. The van der Waals surface area contributed by atoms with Crippen molar-refractivity contribution in [3.05, 3.63) is 39.4 Å². The molecule has 84 valence electrons. The van der Waals surface area contributed by atoms with E-state index in [0.717, 1.165) is 4.88 Å². The van der Waals surface area contributed by atoms with Crippen molar-refractivity contribution in [1.29, 1.82) is 0 Å². The van der Waals surface area contributed by atoms with Crippen LogP contribution in [0.15, 0.2) is 24.5 Å². The van der Waals surface area contributed by atoms with E-state index < -0.39 is 6.10 Å². The van der Waals surface area contributed by atoms with E-state index in [0.29, 0.717) is 15.9 Å². The van der Waals surface area contributed by atoms with Crippen LogP contribution in [0.1, 0.15) is 16.7 Å². The Bertz CT molecular complexity index is 489. The van der Waals surface area contributed by atoms with Gasteiger partial charge in [-0.15, -0.1) is 11.3 Å². The van der Waals surface area contributed by atoms with Crippen LogP contribution in [0.5, 0.6) is 5.88 Å². The highest BCUT2D eigenvalue weighted by Gasteiger charge is 2.15. The third-order valence-corrected chi connectivity index (χ3v) is 3.30. The molecule has 4 nitrogen and oxygen atoms in total. The van der Waals surface area contributed by atoms with Crippen LogP contribution in [-0.4, -0.2) is 22.2 Å². The minimum absolute atomic E-state index is 0.423. The second-order valence-corrected chi connectivity index (χ2v) is 4.78. The molecule has 0 saturated heterocycles. The van der Waals surface area contributed by atoms with Crippen LogP contribution < -0.4 is 4.74 Å². The summed E-state index contributed by atoms with van der Waals surface area (Å²) < 4.78 is 5.60. The van der Waals surface area contributed by atoms with Gasteiger partial charge < -0.3 is 9.84 Å². The summed E-state index contributed by atoms with van der Waals surface area (Å²) in [7, 11) is 1.51. The third kappa shape index (κ3) is 2.32. The maximum atomic E-state index is 10.0. The predicted molar refractivity (Wildman–Crippen MR) is 62.0 cm³/mol. The summed E-state index contributed by atoms with van der Waals surface area (Å²) in [4.78, 5) is 8.61. The van der Waals surface area contributed by atoms with Crippen LogP contribution in [0.3, 0.4) is 0 Å². The van der Waals surface area contributed by atoms with E-state index in [-0.39, 0.29) is 0 Å². The van der Waals surface area contributed by atoms with Gasteiger partial charge in [-0.2, -0.15) is 0 Å². The maximum absolute atomic E-state index is 10.0. The van der Waals surface area contributed by atoms with E-state index >= 15 is 0 Å². The zero-order valence-corrected chi connectivity index (χ0v) is 10.00. The molecule has 0 radical (unpaired) electrons. The lowest BCUT2D eigenvalue weighted by molar-refractivity contribution is 0.218. The number of methoxy groups -OCH3 is 1. The van der Waals surface area contributed by atoms with Crippen molar-refractivity contribution in [2.24, 2.45) is 0 Å². The first-order valence-corrected chi connectivity index (χ1v) is 5.69. The van der Waals surface area contributed by atoms with Crippen molar-refractivity contribution in [2.45, 2.75) is 6.10 Å². The number of aliphatic hydroxyl groups excluding tert-OH is 1. The molecule has 0 fully saturated rings. The lowest BCUT2D eigenvalue weighted by Gasteiger charge is -2.08. The normalized spacial score (nSPS) is 12.4. The summed E-state index contributed by atoms with van der Waals surface area (Å²) in [6.07, 6.45) is 0.557. The Morgan fingerprint density at radius 3 is 2.88 bits per heavy atom. The second kappa shape index (κ2) is 4.78. The summed E-state index contributed by atoms with van der Waals surface area (Å²) in [5, 5.41) is 10.0. The summed E-state index contributed by atoms with van der Waals surface area (Å²) in [5.41, 5.74) is 0.491. The van der Waals surface area contributed by atoms with E-state index in [9.17, 15) is 5.11 Å². The zero-order valence-electron chi connectivity index (χ0n) is 8.42. The molecule has 2 heterocycles. The molecule has 6 heteroatoms. The average molecular weight is 257 g/mol. The van der Waals surface area contributed by atoms with Crippen molar-refractivity contribution in [2.75, 3.05) is 7.11 Å². The highest BCUT2D eigenvalue weighted by molar-refractivity contribution is 7.16. The van der Waals surface area contributed by atoms with Crippen LogP contribution in [0, 0.1) is 0 Å². The number of nitrogens with zero attached hydrogens (tertiary/aromatic N) is 2. The SMILES string of the molecule is COc1cc(C(O)c2ccc(Cl)s2)ncn1. The molecular formula is C10H9ClN2O2S. The van der Waals surface area contributed by atoms with E-state index in [1.165, 1.54) is 24.8 Å². The van der Waals surface area contributed by atoms with Gasteiger partial charge in [0.15, 0.2) is 0 Å². The maximum Gasteiger partial charge on any atom is 0.216 e. The van der Waals surface area contributed by atoms with Crippen LogP contribution in [0.4, 0.5) is 0 Å². The van der Waals surface area contributed by atoms with E-state index in [1.54, 1.807) is 18.2 Å². The molecule has 2 aromatic heterocycles. The molecule has 0 aromatic carbocycles. The van der Waals surface area contributed by atoms with Gasteiger partial charge in [0.2, 0.25) is 5.88 Å². The topological polar surface area (TPSA) is 55.2 Å². The van der Waals surface area contributed by atoms with Gasteiger partial charge in [0, 0.05) is 10.9 Å². The predicted octanol–water partition coefficient (Wildman–Crippen LogP) is 2.28. The van der Waals surface area contributed by atoms with Gasteiger partial charge in [0.25, 0.3) is 0 Å². The zero-order chi connectivity index (χ0) is 11.5. The number of aromatic nitrogens is 2. The molecule has 0 bridgehead atoms. The highest BCUT2D eigenvalue weighted by atomic mass is 35.5. The molecule has 0 aliphatic carbocycles. The standard InChI is InChI=1S/C10H9ClN2O2S/c1-15-9-4-6(12-5-13-9)10(14)7-2-3-8(11)16-7/h2-5,10,14H,1H3. The van der Waals surface area contributed by atoms with Crippen molar-refractivity contribution < 1.29 is 9.84 Å². The number of ether oxygens (including phenoxy) is 1. The van der Waals surface area contributed by atoms with E-state index in [4.69, 9.17) is 16.3 Å². The smallest absolute Gasteiger partial charge is 0.216 e. The van der Waals surface area contributed by atoms with Crippen molar-refractivity contribution in [3.8, 4) is 5.88 Å². The number of halogens is 1. The number of rotatable bonds is 3. The molecule has 2 aromatic rings. The fourth-order valence-corrected chi connectivity index (χ4v) is 2.30. The van der Waals surface area contributed by atoms with Gasteiger partial charge in [0.05, 0.1) is 17.1 Å². The number of thiophene rings is 1. The van der Waals surface area contributed by atoms with Crippen LogP contribution >= 0.6 is 22.9 Å². The largest absolute Gasteiger partial charge is 0.481 e. The van der Waals surface area contributed by atoms with Gasteiger partial charge in [0.1, 0.15) is 12.4 Å². The third-order valence-electron chi connectivity index (χ3n) is 2.02. The average Bonchev–Trinajstić information content (AvgIpc) is 2.75. The summed E-state index contributed by atoms with van der Waals surface area (Å²) in [6.45, 7) is 0. The highest BCUT2D eigenvalue weighted by Crippen LogP contribution is 2.30. The Kier molecular flexibility index (Phi) is 3.38. The first kappa shape index (κ1) is 11.3. The summed E-state index contributed by atoms with van der Waals surface area (Å²) >= 11 is 7.12. The molecule has 16 heavy (non-hydrogen) atoms. The molecular weight excluding hydrogens is 248 g/mol. The van der Waals surface area contributed by atoms with Crippen LogP contribution in [0.2, 0.25) is 4.34 Å². The molecule has 0 spiro atoms. The Hall–Kier alpha value is -1.17. The molecule has 1 unspecified atom stereocenters. The van der Waals surface area contributed by atoms with Crippen molar-refractivity contribution >= 4 is 22.9 Å². The summed E-state index contributed by atoms with van der Waals surface area (Å²) in [5.74, 6) is 0.423. The minimum Gasteiger partial charge on any atom is -0.481 e. The Balaban J connectivity index is 2.29. The number of hydrogen-bond acceptors (Lipinski definition) is 5. The summed E-state index contributed by atoms with van der Waals surface area (Å²) in [6, 6.07) is 5.10. The first-order valence-electron chi connectivity index (χ1n) is 4.50. The van der Waals surface area contributed by atoms with E-state index in [1.807, 2.05) is 0 Å². The molecule has 2 rings (SSSR count). The molecule has 0 saturated carbocycles. The van der Waals surface area contributed by atoms with Crippen LogP contribution in [0.25, 0.3) is 0 Å².